The quantitative estimate of drug-likeness (QED) is 0.705. The van der Waals surface area contributed by atoms with Gasteiger partial charge < -0.3 is 0 Å². The van der Waals surface area contributed by atoms with Gasteiger partial charge in [-0.05, 0) is 18.2 Å². The standard InChI is InChI=1S/C14H12N4/c1-2-6-14-13(5-1)11-15-7-3-4-8-16-12-17-9-10-18-14/h1-12H. The predicted molar refractivity (Wildman–Crippen MR) is 70.4 cm³/mol. The molecule has 0 radical (unpaired) electrons. The van der Waals surface area contributed by atoms with Crippen LogP contribution < -0.4 is 0 Å². The summed E-state index contributed by atoms with van der Waals surface area (Å²) in [6.45, 7) is 0. The Bertz CT molecular complexity index is 569. The van der Waals surface area contributed by atoms with Gasteiger partial charge in [0, 0.05) is 36.4 Å². The maximum Gasteiger partial charge on any atom is 0.115 e. The van der Waals surface area contributed by atoms with Crippen molar-refractivity contribution in [3.63, 3.8) is 0 Å². The van der Waals surface area contributed by atoms with Crippen molar-refractivity contribution in [1.29, 1.82) is 0 Å². The van der Waals surface area contributed by atoms with Gasteiger partial charge in [-0.15, -0.1) is 0 Å². The van der Waals surface area contributed by atoms with Crippen molar-refractivity contribution in [2.24, 2.45) is 0 Å². The summed E-state index contributed by atoms with van der Waals surface area (Å²) in [5.74, 6) is 0. The van der Waals surface area contributed by atoms with E-state index in [2.05, 4.69) is 19.9 Å². The summed E-state index contributed by atoms with van der Waals surface area (Å²) < 4.78 is 0. The summed E-state index contributed by atoms with van der Waals surface area (Å²) in [4.78, 5) is 16.4. The van der Waals surface area contributed by atoms with Gasteiger partial charge in [0.15, 0.2) is 0 Å². The van der Waals surface area contributed by atoms with Gasteiger partial charge in [0.2, 0.25) is 0 Å². The molecule has 0 amide bonds. The van der Waals surface area contributed by atoms with E-state index in [9.17, 15) is 0 Å². The van der Waals surface area contributed by atoms with Crippen molar-refractivity contribution in [2.45, 2.75) is 0 Å². The minimum absolute atomic E-state index is 0.852. The van der Waals surface area contributed by atoms with Crippen LogP contribution in [0.1, 0.15) is 0 Å². The number of para-hydroxylation sites is 1. The first-order valence-electron chi connectivity index (χ1n) is 5.48. The maximum atomic E-state index is 4.31. The predicted octanol–water partition coefficient (Wildman–Crippen LogP) is 2.67. The second-order valence-electron chi connectivity index (χ2n) is 3.36. The molecule has 4 heteroatoms. The smallest absolute Gasteiger partial charge is 0.115 e. The molecule has 0 aliphatic rings. The number of benzene rings is 1. The summed E-state index contributed by atoms with van der Waals surface area (Å²) in [6.07, 6.45) is 9.78. The molecule has 0 aliphatic heterocycles. The van der Waals surface area contributed by atoms with E-state index >= 15 is 0 Å². The van der Waals surface area contributed by atoms with Gasteiger partial charge in [0.1, 0.15) is 6.33 Å². The lowest BCUT2D eigenvalue weighted by atomic mass is 10.2. The first-order chi connectivity index (χ1) is 8.97. The number of fused-ring (bicyclic) bond motifs is 1. The maximum absolute atomic E-state index is 4.31. The highest BCUT2D eigenvalue weighted by atomic mass is 14.8. The fraction of sp³-hybridized carbons (Fsp3) is 0. The van der Waals surface area contributed by atoms with Gasteiger partial charge in [0.25, 0.3) is 0 Å². The molecule has 0 saturated carbocycles. The van der Waals surface area contributed by atoms with Crippen LogP contribution in [0.25, 0.3) is 10.9 Å². The Hall–Kier alpha value is -2.62. The molecular formula is C14H12N4. The SMILES string of the molecule is c1ccncc2ccccc2nccncnc1. The van der Waals surface area contributed by atoms with E-state index in [1.807, 2.05) is 24.3 Å². The number of hydrogen-bond donors (Lipinski definition) is 0. The molecule has 0 spiro atoms. The zero-order chi connectivity index (χ0) is 12.5. The molecule has 4 nitrogen and oxygen atoms in total. The van der Waals surface area contributed by atoms with Crippen LogP contribution >= 0.6 is 0 Å². The molecule has 0 atom stereocenters. The monoisotopic (exact) mass is 236 g/mol. The van der Waals surface area contributed by atoms with Crippen molar-refractivity contribution < 1.29 is 0 Å². The summed E-state index contributed by atoms with van der Waals surface area (Å²) in [5.41, 5.74) is 0.852. The lowest BCUT2D eigenvalue weighted by Gasteiger charge is -1.88. The van der Waals surface area contributed by atoms with Crippen molar-refractivity contribution >= 4 is 10.9 Å². The minimum Gasteiger partial charge on any atom is -0.264 e. The van der Waals surface area contributed by atoms with Gasteiger partial charge >= 0.3 is 0 Å². The van der Waals surface area contributed by atoms with Crippen LogP contribution in [0.5, 0.6) is 0 Å². The molecular weight excluding hydrogens is 224 g/mol. The Morgan fingerprint density at radius 2 is 1.44 bits per heavy atom. The van der Waals surface area contributed by atoms with E-state index in [1.165, 1.54) is 6.33 Å². The van der Waals surface area contributed by atoms with E-state index in [-0.39, 0.29) is 0 Å². The van der Waals surface area contributed by atoms with E-state index in [1.54, 1.807) is 43.1 Å². The van der Waals surface area contributed by atoms with Gasteiger partial charge in [0.05, 0.1) is 5.52 Å². The largest absolute Gasteiger partial charge is 0.264 e. The van der Waals surface area contributed by atoms with E-state index in [4.69, 9.17) is 0 Å². The van der Waals surface area contributed by atoms with Crippen molar-refractivity contribution in [3.05, 3.63) is 73.7 Å². The molecule has 0 bridgehead atoms. The summed E-state index contributed by atoms with van der Waals surface area (Å²) in [6, 6.07) is 11.4. The third-order valence-electron chi connectivity index (χ3n) is 2.11. The summed E-state index contributed by atoms with van der Waals surface area (Å²) in [7, 11) is 0. The van der Waals surface area contributed by atoms with E-state index in [0.717, 1.165) is 10.9 Å². The lowest BCUT2D eigenvalue weighted by molar-refractivity contribution is 1.19. The van der Waals surface area contributed by atoms with Crippen LogP contribution in [-0.2, 0) is 0 Å². The Morgan fingerprint density at radius 1 is 0.667 bits per heavy atom. The molecule has 0 N–H and O–H groups in total. The second kappa shape index (κ2) is 6.85. The number of aromatic nitrogens is 4. The molecule has 0 fully saturated rings. The third kappa shape index (κ3) is 3.75. The Labute approximate surface area is 105 Å². The molecule has 0 aliphatic carbocycles. The van der Waals surface area contributed by atoms with Gasteiger partial charge in [-0.2, -0.15) is 0 Å². The highest BCUT2D eigenvalue weighted by Crippen LogP contribution is 2.05. The summed E-state index contributed by atoms with van der Waals surface area (Å²) >= 11 is 0. The fourth-order valence-corrected chi connectivity index (χ4v) is 1.30. The summed E-state index contributed by atoms with van der Waals surface area (Å²) in [5, 5.41) is 0.960. The highest BCUT2D eigenvalue weighted by molar-refractivity contribution is 5.76. The van der Waals surface area contributed by atoms with Crippen molar-refractivity contribution in [2.75, 3.05) is 0 Å². The molecule has 18 heavy (non-hydrogen) atoms. The molecule has 0 unspecified atom stereocenters. The van der Waals surface area contributed by atoms with Crippen LogP contribution in [0.2, 0.25) is 0 Å². The topological polar surface area (TPSA) is 51.6 Å². The Kier molecular flexibility index (Phi) is 4.51. The highest BCUT2D eigenvalue weighted by Gasteiger charge is 1.85. The Balaban J connectivity index is 2.63. The number of rotatable bonds is 0. The average Bonchev–Trinajstić information content (AvgIpc) is 2.41. The molecule has 1 aromatic carbocycles. The van der Waals surface area contributed by atoms with Crippen LogP contribution in [0, 0.1) is 0 Å². The fourth-order valence-electron chi connectivity index (χ4n) is 1.30. The average molecular weight is 236 g/mol. The van der Waals surface area contributed by atoms with Crippen LogP contribution in [0.3, 0.4) is 0 Å². The molecule has 2 aromatic rings. The van der Waals surface area contributed by atoms with Crippen molar-refractivity contribution in [3.8, 4) is 0 Å². The van der Waals surface area contributed by atoms with Gasteiger partial charge in [-0.1, -0.05) is 18.2 Å². The lowest BCUT2D eigenvalue weighted by Crippen LogP contribution is -1.73. The third-order valence-corrected chi connectivity index (χ3v) is 2.11. The molecule has 1 aromatic heterocycles. The number of hydrogen-bond acceptors (Lipinski definition) is 4. The van der Waals surface area contributed by atoms with E-state index < -0.39 is 0 Å². The normalized spacial score (nSPS) is 9.11. The van der Waals surface area contributed by atoms with Gasteiger partial charge in [-0.25, -0.2) is 9.97 Å². The first-order valence-corrected chi connectivity index (χ1v) is 5.48. The van der Waals surface area contributed by atoms with E-state index in [0.29, 0.717) is 0 Å². The van der Waals surface area contributed by atoms with Crippen LogP contribution in [0.4, 0.5) is 0 Å². The van der Waals surface area contributed by atoms with Crippen LogP contribution in [-0.4, -0.2) is 19.9 Å². The molecule has 1 heterocycles. The Morgan fingerprint density at radius 3 is 2.39 bits per heavy atom. The zero-order valence-electron chi connectivity index (χ0n) is 9.72. The second-order valence-corrected chi connectivity index (χ2v) is 3.36. The van der Waals surface area contributed by atoms with Crippen molar-refractivity contribution in [1.82, 2.24) is 19.9 Å². The molecule has 2 rings (SSSR count). The van der Waals surface area contributed by atoms with Crippen LogP contribution in [0.15, 0.2) is 73.7 Å². The first kappa shape index (κ1) is 11.9. The van der Waals surface area contributed by atoms with Gasteiger partial charge in [-0.3, -0.25) is 9.97 Å². The molecule has 0 saturated heterocycles. The molecule has 88 valence electrons. The minimum atomic E-state index is 0.852. The zero-order valence-corrected chi connectivity index (χ0v) is 9.72. The number of nitrogens with zero attached hydrogens (tertiary/aromatic N) is 4.